The zero-order chi connectivity index (χ0) is 15.5. The summed E-state index contributed by atoms with van der Waals surface area (Å²) in [6.45, 7) is 1.34. The van der Waals surface area contributed by atoms with E-state index in [2.05, 4.69) is 0 Å². The minimum absolute atomic E-state index is 0.0895. The summed E-state index contributed by atoms with van der Waals surface area (Å²) in [4.78, 5) is 24.2. The lowest BCUT2D eigenvalue weighted by Crippen LogP contribution is -2.28. The largest absolute Gasteiger partial charge is 0.507 e. The van der Waals surface area contributed by atoms with E-state index in [0.717, 1.165) is 6.08 Å². The third-order valence-corrected chi connectivity index (χ3v) is 3.50. The maximum Gasteiger partial charge on any atom is 0.232 e. The smallest absolute Gasteiger partial charge is 0.232 e. The zero-order valence-electron chi connectivity index (χ0n) is 11.3. The number of ether oxygens (including phenoxy) is 2. The molecule has 0 saturated heterocycles. The van der Waals surface area contributed by atoms with Crippen molar-refractivity contribution in [3.05, 3.63) is 28.5 Å². The van der Waals surface area contributed by atoms with Crippen LogP contribution in [0.2, 0.25) is 0 Å². The number of allylic oxidation sites excluding steroid dienone is 2. The Labute approximate surface area is 119 Å². The van der Waals surface area contributed by atoms with Gasteiger partial charge in [0.2, 0.25) is 11.6 Å². The fraction of sp³-hybridized carbons (Fsp3) is 0.286. The van der Waals surface area contributed by atoms with Crippen LogP contribution in [-0.2, 0) is 11.2 Å². The summed E-state index contributed by atoms with van der Waals surface area (Å²) >= 11 is 0. The molecule has 110 valence electrons. The van der Waals surface area contributed by atoms with Gasteiger partial charge in [-0.25, -0.2) is 0 Å². The van der Waals surface area contributed by atoms with Gasteiger partial charge >= 0.3 is 0 Å². The van der Waals surface area contributed by atoms with Crippen molar-refractivity contribution < 1.29 is 34.4 Å². The molecule has 0 radical (unpaired) electrons. The normalized spacial score (nSPS) is 23.3. The van der Waals surface area contributed by atoms with E-state index in [0.29, 0.717) is 0 Å². The SMILES string of the molecule is COC1=CC(=O)c2c(O)c3c(c(O)c2C1=O)OC(C)(O)C3. The summed E-state index contributed by atoms with van der Waals surface area (Å²) in [7, 11) is 1.22. The fourth-order valence-electron chi connectivity index (χ4n) is 2.60. The minimum Gasteiger partial charge on any atom is -0.507 e. The van der Waals surface area contributed by atoms with Gasteiger partial charge < -0.3 is 24.8 Å². The van der Waals surface area contributed by atoms with Crippen molar-refractivity contribution in [3.8, 4) is 17.2 Å². The molecule has 0 spiro atoms. The predicted octanol–water partition coefficient (Wildman–Crippen LogP) is 0.651. The van der Waals surface area contributed by atoms with Crippen LogP contribution in [0.4, 0.5) is 0 Å². The Morgan fingerprint density at radius 2 is 1.90 bits per heavy atom. The number of aliphatic hydroxyl groups is 1. The van der Waals surface area contributed by atoms with Crippen LogP contribution in [-0.4, -0.2) is 39.8 Å². The van der Waals surface area contributed by atoms with E-state index < -0.39 is 28.9 Å². The van der Waals surface area contributed by atoms with Gasteiger partial charge in [0.15, 0.2) is 23.0 Å². The summed E-state index contributed by atoms with van der Waals surface area (Å²) in [6.07, 6.45) is 0.835. The summed E-state index contributed by atoms with van der Waals surface area (Å²) in [5.41, 5.74) is -0.599. The quantitative estimate of drug-likeness (QED) is 0.651. The van der Waals surface area contributed by atoms with Crippen LogP contribution >= 0.6 is 0 Å². The van der Waals surface area contributed by atoms with Gasteiger partial charge in [0.25, 0.3) is 0 Å². The number of carbonyl (C=O) groups excluding carboxylic acids is 2. The third-order valence-electron chi connectivity index (χ3n) is 3.50. The first-order valence-electron chi connectivity index (χ1n) is 6.13. The highest BCUT2D eigenvalue weighted by Crippen LogP contribution is 2.50. The van der Waals surface area contributed by atoms with E-state index in [-0.39, 0.29) is 34.6 Å². The minimum atomic E-state index is -1.63. The van der Waals surface area contributed by atoms with Crippen LogP contribution in [0.25, 0.3) is 0 Å². The number of fused-ring (bicyclic) bond motifs is 2. The molecule has 1 atom stereocenters. The van der Waals surface area contributed by atoms with Gasteiger partial charge in [-0.2, -0.15) is 0 Å². The Balaban J connectivity index is 2.32. The van der Waals surface area contributed by atoms with Crippen molar-refractivity contribution >= 4 is 11.6 Å². The zero-order valence-corrected chi connectivity index (χ0v) is 11.3. The third kappa shape index (κ3) is 1.71. The molecular weight excluding hydrogens is 280 g/mol. The van der Waals surface area contributed by atoms with Gasteiger partial charge in [0.1, 0.15) is 5.75 Å². The van der Waals surface area contributed by atoms with E-state index in [1.54, 1.807) is 0 Å². The summed E-state index contributed by atoms with van der Waals surface area (Å²) < 4.78 is 9.94. The Bertz CT molecular complexity index is 728. The van der Waals surface area contributed by atoms with Crippen LogP contribution in [0.3, 0.4) is 0 Å². The second-order valence-electron chi connectivity index (χ2n) is 5.11. The number of hydrogen-bond donors (Lipinski definition) is 3. The van der Waals surface area contributed by atoms with Crippen LogP contribution in [0, 0.1) is 0 Å². The fourth-order valence-corrected chi connectivity index (χ4v) is 2.60. The number of rotatable bonds is 1. The van der Waals surface area contributed by atoms with E-state index in [1.165, 1.54) is 14.0 Å². The van der Waals surface area contributed by atoms with Crippen LogP contribution in [0.15, 0.2) is 11.8 Å². The lowest BCUT2D eigenvalue weighted by atomic mass is 9.88. The molecule has 3 N–H and O–H groups in total. The van der Waals surface area contributed by atoms with Crippen LogP contribution in [0.1, 0.15) is 33.2 Å². The predicted molar refractivity (Wildman–Crippen MR) is 68.5 cm³/mol. The monoisotopic (exact) mass is 292 g/mol. The molecule has 3 rings (SSSR count). The van der Waals surface area contributed by atoms with Crippen molar-refractivity contribution in [1.82, 2.24) is 0 Å². The molecule has 0 bridgehead atoms. The van der Waals surface area contributed by atoms with E-state index in [9.17, 15) is 24.9 Å². The van der Waals surface area contributed by atoms with Crippen LogP contribution in [0.5, 0.6) is 17.2 Å². The maximum absolute atomic E-state index is 12.2. The number of benzene rings is 1. The number of Topliss-reactive ketones (excluding diaryl/α,β-unsaturated/α-hetero) is 1. The van der Waals surface area contributed by atoms with Crippen molar-refractivity contribution in [2.75, 3.05) is 7.11 Å². The van der Waals surface area contributed by atoms with Gasteiger partial charge in [-0.1, -0.05) is 0 Å². The number of hydrogen-bond acceptors (Lipinski definition) is 7. The Hall–Kier alpha value is -2.54. The van der Waals surface area contributed by atoms with Crippen molar-refractivity contribution in [2.24, 2.45) is 0 Å². The highest BCUT2D eigenvalue weighted by Gasteiger charge is 2.43. The second kappa shape index (κ2) is 3.98. The number of ketones is 2. The number of carbonyl (C=O) groups is 2. The highest BCUT2D eigenvalue weighted by atomic mass is 16.6. The topological polar surface area (TPSA) is 113 Å². The van der Waals surface area contributed by atoms with Gasteiger partial charge in [0.05, 0.1) is 18.2 Å². The first-order chi connectivity index (χ1) is 9.76. The van der Waals surface area contributed by atoms with Gasteiger partial charge in [-0.05, 0) is 0 Å². The van der Waals surface area contributed by atoms with Crippen molar-refractivity contribution in [1.29, 1.82) is 0 Å². The molecule has 7 nitrogen and oxygen atoms in total. The molecule has 2 aliphatic rings. The lowest BCUT2D eigenvalue weighted by Gasteiger charge is -2.19. The Morgan fingerprint density at radius 3 is 2.52 bits per heavy atom. The molecule has 1 unspecified atom stereocenters. The average Bonchev–Trinajstić information content (AvgIpc) is 2.74. The number of phenolic OH excluding ortho intramolecular Hbond substituents is 2. The number of methoxy groups -OCH3 is 1. The van der Waals surface area contributed by atoms with E-state index >= 15 is 0 Å². The van der Waals surface area contributed by atoms with Gasteiger partial charge in [-0.15, -0.1) is 0 Å². The standard InChI is InChI=1S/C14H12O7/c1-14(19)4-5-10(16)8-6(15)3-7(20-2)11(17)9(8)12(18)13(5)21-14/h3,16,18-19H,4H2,1-2H3. The molecule has 1 aliphatic carbocycles. The average molecular weight is 292 g/mol. The molecule has 7 heteroatoms. The molecule has 1 aliphatic heterocycles. The molecule has 0 saturated carbocycles. The van der Waals surface area contributed by atoms with Crippen LogP contribution < -0.4 is 4.74 Å². The first kappa shape index (κ1) is 13.4. The molecule has 1 aromatic carbocycles. The Morgan fingerprint density at radius 1 is 1.24 bits per heavy atom. The molecule has 0 amide bonds. The van der Waals surface area contributed by atoms with Gasteiger partial charge in [-0.3, -0.25) is 9.59 Å². The molecule has 1 aromatic rings. The number of aromatic hydroxyl groups is 2. The summed E-state index contributed by atoms with van der Waals surface area (Å²) in [5, 5.41) is 30.3. The van der Waals surface area contributed by atoms with Crippen molar-refractivity contribution in [3.63, 3.8) is 0 Å². The maximum atomic E-state index is 12.2. The second-order valence-corrected chi connectivity index (χ2v) is 5.11. The Kier molecular flexibility index (Phi) is 2.55. The molecule has 1 heterocycles. The summed E-state index contributed by atoms with van der Waals surface area (Å²) in [6, 6.07) is 0. The molecule has 0 fully saturated rings. The summed E-state index contributed by atoms with van der Waals surface area (Å²) in [5.74, 6) is -4.54. The molecular formula is C14H12O7. The van der Waals surface area contributed by atoms with Gasteiger partial charge in [0, 0.05) is 25.0 Å². The van der Waals surface area contributed by atoms with E-state index in [1.807, 2.05) is 0 Å². The highest BCUT2D eigenvalue weighted by molar-refractivity contribution is 6.26. The molecule has 21 heavy (non-hydrogen) atoms. The molecule has 0 aromatic heterocycles. The first-order valence-corrected chi connectivity index (χ1v) is 6.13. The van der Waals surface area contributed by atoms with Crippen molar-refractivity contribution in [2.45, 2.75) is 19.1 Å². The number of phenols is 2. The lowest BCUT2D eigenvalue weighted by molar-refractivity contribution is -0.104. The van der Waals surface area contributed by atoms with E-state index in [4.69, 9.17) is 9.47 Å².